The zero-order valence-electron chi connectivity index (χ0n) is 10.9. The van der Waals surface area contributed by atoms with Gasteiger partial charge in [-0.2, -0.15) is 0 Å². The van der Waals surface area contributed by atoms with Gasteiger partial charge in [0.1, 0.15) is 6.10 Å². The molecule has 0 bridgehead atoms. The van der Waals surface area contributed by atoms with Crippen molar-refractivity contribution in [1.82, 2.24) is 0 Å². The summed E-state index contributed by atoms with van der Waals surface area (Å²) in [5.74, 6) is 1.40. The Balaban J connectivity index is 2.23. The van der Waals surface area contributed by atoms with E-state index in [1.807, 2.05) is 37.3 Å². The Morgan fingerprint density at radius 1 is 1.26 bits per heavy atom. The van der Waals surface area contributed by atoms with E-state index in [0.717, 1.165) is 14.8 Å². The molecule has 2 aromatic rings. The lowest BCUT2D eigenvalue weighted by Gasteiger charge is -2.18. The van der Waals surface area contributed by atoms with Gasteiger partial charge in [0.15, 0.2) is 11.5 Å². The molecule has 0 amide bonds. The second-order valence-electron chi connectivity index (χ2n) is 4.14. The van der Waals surface area contributed by atoms with E-state index in [0.29, 0.717) is 18.0 Å². The van der Waals surface area contributed by atoms with Gasteiger partial charge in [0.2, 0.25) is 0 Å². The highest BCUT2D eigenvalue weighted by atomic mass is 35.5. The van der Waals surface area contributed by atoms with Crippen LogP contribution in [0.1, 0.15) is 16.5 Å². The number of thiophene rings is 1. The first-order chi connectivity index (χ1) is 9.13. The first-order valence-electron chi connectivity index (χ1n) is 5.90. The van der Waals surface area contributed by atoms with Crippen LogP contribution in [0.25, 0.3) is 0 Å². The number of halogens is 1. The first-order valence-corrected chi connectivity index (χ1v) is 7.10. The van der Waals surface area contributed by atoms with Crippen LogP contribution in [0.3, 0.4) is 0 Å². The normalized spacial score (nSPS) is 12.2. The van der Waals surface area contributed by atoms with E-state index in [1.54, 1.807) is 7.11 Å². The minimum absolute atomic E-state index is 0.214. The van der Waals surface area contributed by atoms with Gasteiger partial charge in [0.05, 0.1) is 11.4 Å². The Kier molecular flexibility index (Phi) is 4.69. The zero-order valence-corrected chi connectivity index (χ0v) is 12.4. The number of ether oxygens (including phenoxy) is 2. The van der Waals surface area contributed by atoms with Crippen LogP contribution in [0.15, 0.2) is 30.3 Å². The van der Waals surface area contributed by atoms with Crippen molar-refractivity contribution in [2.24, 2.45) is 5.73 Å². The molecule has 0 aliphatic rings. The van der Waals surface area contributed by atoms with Gasteiger partial charge < -0.3 is 15.2 Å². The van der Waals surface area contributed by atoms with Gasteiger partial charge in [-0.15, -0.1) is 11.3 Å². The third-order valence-corrected chi connectivity index (χ3v) is 4.04. The number of hydrogen-bond donors (Lipinski definition) is 1. The lowest BCUT2D eigenvalue weighted by molar-refractivity contribution is 0.208. The van der Waals surface area contributed by atoms with Crippen LogP contribution < -0.4 is 15.2 Å². The first kappa shape index (κ1) is 14.2. The summed E-state index contributed by atoms with van der Waals surface area (Å²) in [5, 5.41) is 0. The van der Waals surface area contributed by atoms with Crippen LogP contribution in [0.4, 0.5) is 0 Å². The molecule has 0 saturated carbocycles. The van der Waals surface area contributed by atoms with E-state index in [4.69, 9.17) is 26.8 Å². The zero-order chi connectivity index (χ0) is 13.8. The fourth-order valence-corrected chi connectivity index (χ4v) is 2.85. The van der Waals surface area contributed by atoms with E-state index in [9.17, 15) is 0 Å². The molecule has 0 radical (unpaired) electrons. The van der Waals surface area contributed by atoms with Crippen LogP contribution in [-0.2, 0) is 0 Å². The number of rotatable bonds is 5. The lowest BCUT2D eigenvalue weighted by atomic mass is 10.2. The van der Waals surface area contributed by atoms with Crippen LogP contribution in [-0.4, -0.2) is 13.7 Å². The highest BCUT2D eigenvalue weighted by Crippen LogP contribution is 2.34. The van der Waals surface area contributed by atoms with Crippen molar-refractivity contribution < 1.29 is 9.47 Å². The molecule has 1 heterocycles. The predicted molar refractivity (Wildman–Crippen MR) is 79.5 cm³/mol. The average Bonchev–Trinajstić information content (AvgIpc) is 2.83. The maximum absolute atomic E-state index is 5.94. The SMILES string of the molecule is COc1cc(C)ccc1OC(CN)c1ccc(Cl)s1. The van der Waals surface area contributed by atoms with Crippen LogP contribution in [0.5, 0.6) is 11.5 Å². The molecular weight excluding hydrogens is 282 g/mol. The van der Waals surface area contributed by atoms with Gasteiger partial charge in [-0.3, -0.25) is 0 Å². The van der Waals surface area contributed by atoms with Gasteiger partial charge in [-0.05, 0) is 36.8 Å². The molecule has 19 heavy (non-hydrogen) atoms. The van der Waals surface area contributed by atoms with Crippen molar-refractivity contribution >= 4 is 22.9 Å². The predicted octanol–water partition coefficient (Wildman–Crippen LogP) is 3.80. The summed E-state index contributed by atoms with van der Waals surface area (Å²) in [6.45, 7) is 2.39. The molecule has 1 atom stereocenters. The van der Waals surface area contributed by atoms with Crippen molar-refractivity contribution in [2.45, 2.75) is 13.0 Å². The monoisotopic (exact) mass is 297 g/mol. The van der Waals surface area contributed by atoms with Gasteiger partial charge in [0, 0.05) is 11.4 Å². The Hall–Kier alpha value is -1.23. The van der Waals surface area contributed by atoms with Crippen LogP contribution >= 0.6 is 22.9 Å². The highest BCUT2D eigenvalue weighted by Gasteiger charge is 2.16. The Labute approximate surface area is 121 Å². The summed E-state index contributed by atoms with van der Waals surface area (Å²) in [4.78, 5) is 1.01. The molecule has 2 N–H and O–H groups in total. The molecule has 1 aromatic heterocycles. The maximum atomic E-state index is 5.94. The average molecular weight is 298 g/mol. The standard InChI is InChI=1S/C14H16ClNO2S/c1-9-3-4-10(11(7-9)17-2)18-12(8-16)13-5-6-14(15)19-13/h3-7,12H,8,16H2,1-2H3. The summed E-state index contributed by atoms with van der Waals surface area (Å²) >= 11 is 7.42. The van der Waals surface area contributed by atoms with E-state index < -0.39 is 0 Å². The Morgan fingerprint density at radius 2 is 2.05 bits per heavy atom. The van der Waals surface area contributed by atoms with E-state index in [1.165, 1.54) is 11.3 Å². The molecule has 0 spiro atoms. The van der Waals surface area contributed by atoms with E-state index >= 15 is 0 Å². The molecule has 102 valence electrons. The van der Waals surface area contributed by atoms with Crippen molar-refractivity contribution in [3.05, 3.63) is 45.1 Å². The number of benzene rings is 1. The summed E-state index contributed by atoms with van der Waals surface area (Å²) in [6.07, 6.45) is -0.214. The Bertz CT molecular complexity index is 556. The topological polar surface area (TPSA) is 44.5 Å². The molecular formula is C14H16ClNO2S. The largest absolute Gasteiger partial charge is 0.493 e. The Morgan fingerprint density at radius 3 is 2.63 bits per heavy atom. The molecule has 0 saturated heterocycles. The smallest absolute Gasteiger partial charge is 0.162 e. The van der Waals surface area contributed by atoms with Gasteiger partial charge >= 0.3 is 0 Å². The highest BCUT2D eigenvalue weighted by molar-refractivity contribution is 7.16. The molecule has 0 aliphatic carbocycles. The van der Waals surface area contributed by atoms with Crippen LogP contribution in [0, 0.1) is 6.92 Å². The number of aryl methyl sites for hydroxylation is 1. The summed E-state index contributed by atoms with van der Waals surface area (Å²) in [7, 11) is 1.63. The van der Waals surface area contributed by atoms with Gasteiger partial charge in [-0.25, -0.2) is 0 Å². The molecule has 0 aliphatic heterocycles. The van der Waals surface area contributed by atoms with Gasteiger partial charge in [0.25, 0.3) is 0 Å². The fraction of sp³-hybridized carbons (Fsp3) is 0.286. The molecule has 1 aromatic carbocycles. The molecule has 2 rings (SSSR count). The summed E-state index contributed by atoms with van der Waals surface area (Å²) in [6, 6.07) is 9.59. The third-order valence-electron chi connectivity index (χ3n) is 2.71. The lowest BCUT2D eigenvalue weighted by Crippen LogP contribution is -2.17. The minimum atomic E-state index is -0.214. The third kappa shape index (κ3) is 3.41. The number of hydrogen-bond acceptors (Lipinski definition) is 4. The van der Waals surface area contributed by atoms with E-state index in [2.05, 4.69) is 0 Å². The second kappa shape index (κ2) is 6.28. The van der Waals surface area contributed by atoms with Crippen molar-refractivity contribution in [2.75, 3.05) is 13.7 Å². The maximum Gasteiger partial charge on any atom is 0.162 e. The molecule has 3 nitrogen and oxygen atoms in total. The van der Waals surface area contributed by atoms with Gasteiger partial charge in [-0.1, -0.05) is 17.7 Å². The fourth-order valence-electron chi connectivity index (χ4n) is 1.75. The van der Waals surface area contributed by atoms with Crippen LogP contribution in [0.2, 0.25) is 4.34 Å². The van der Waals surface area contributed by atoms with Crippen molar-refractivity contribution in [3.63, 3.8) is 0 Å². The number of nitrogens with two attached hydrogens (primary N) is 1. The summed E-state index contributed by atoms with van der Waals surface area (Å²) in [5.41, 5.74) is 6.90. The molecule has 0 fully saturated rings. The summed E-state index contributed by atoms with van der Waals surface area (Å²) < 4.78 is 12.0. The van der Waals surface area contributed by atoms with Crippen molar-refractivity contribution in [3.8, 4) is 11.5 Å². The minimum Gasteiger partial charge on any atom is -0.493 e. The molecule has 5 heteroatoms. The number of methoxy groups -OCH3 is 1. The second-order valence-corrected chi connectivity index (χ2v) is 5.89. The van der Waals surface area contributed by atoms with E-state index in [-0.39, 0.29) is 6.10 Å². The van der Waals surface area contributed by atoms with Crippen molar-refractivity contribution in [1.29, 1.82) is 0 Å². The quantitative estimate of drug-likeness (QED) is 0.913. The molecule has 1 unspecified atom stereocenters.